The van der Waals surface area contributed by atoms with Gasteiger partial charge in [0.1, 0.15) is 17.8 Å². The summed E-state index contributed by atoms with van der Waals surface area (Å²) in [5.74, 6) is 0.313. The van der Waals surface area contributed by atoms with Crippen molar-refractivity contribution < 1.29 is 4.39 Å². The Hall–Kier alpha value is -3.68. The predicted octanol–water partition coefficient (Wildman–Crippen LogP) is 2.66. The number of aromatic nitrogens is 7. The zero-order chi connectivity index (χ0) is 16.8. The van der Waals surface area contributed by atoms with Crippen molar-refractivity contribution in [1.82, 2.24) is 34.3 Å². The Morgan fingerprint density at radius 1 is 0.880 bits per heavy atom. The summed E-state index contributed by atoms with van der Waals surface area (Å²) in [7, 11) is 0. The first-order valence-electron chi connectivity index (χ1n) is 7.56. The molecule has 0 unspecified atom stereocenters. The Morgan fingerprint density at radius 2 is 1.76 bits per heavy atom. The number of nitrogens with zero attached hydrogens (tertiary/aromatic N) is 7. The summed E-state index contributed by atoms with van der Waals surface area (Å²) in [6.07, 6.45) is 5.02. The highest BCUT2D eigenvalue weighted by atomic mass is 19.1. The number of pyridine rings is 1. The molecule has 0 saturated carbocycles. The first-order chi connectivity index (χ1) is 12.3. The van der Waals surface area contributed by atoms with Gasteiger partial charge >= 0.3 is 0 Å². The Balaban J connectivity index is 1.73. The number of fused-ring (bicyclic) bond motifs is 3. The van der Waals surface area contributed by atoms with E-state index >= 15 is 0 Å². The van der Waals surface area contributed by atoms with Crippen LogP contribution in [0.15, 0.2) is 61.2 Å². The van der Waals surface area contributed by atoms with Crippen LogP contribution in [0, 0.1) is 5.82 Å². The van der Waals surface area contributed by atoms with Crippen molar-refractivity contribution in [3.8, 4) is 17.2 Å². The Bertz CT molecular complexity index is 1190. The van der Waals surface area contributed by atoms with Crippen molar-refractivity contribution in [3.05, 3.63) is 67.0 Å². The van der Waals surface area contributed by atoms with Crippen LogP contribution in [0.1, 0.15) is 0 Å². The average molecular weight is 331 g/mol. The number of hydrogen-bond acceptors (Lipinski definition) is 5. The summed E-state index contributed by atoms with van der Waals surface area (Å²) < 4.78 is 16.6. The molecule has 0 atom stereocenters. The Kier molecular flexibility index (Phi) is 2.84. The topological polar surface area (TPSA) is 73.8 Å². The molecular formula is C17H10FN7. The highest BCUT2D eigenvalue weighted by Gasteiger charge is 2.15. The molecular weight excluding hydrogens is 321 g/mol. The van der Waals surface area contributed by atoms with Gasteiger partial charge in [-0.3, -0.25) is 9.38 Å². The quantitative estimate of drug-likeness (QED) is 0.497. The number of hydrogen-bond donors (Lipinski definition) is 0. The molecule has 0 saturated heterocycles. The van der Waals surface area contributed by atoms with Gasteiger partial charge < -0.3 is 0 Å². The Labute approximate surface area is 140 Å². The van der Waals surface area contributed by atoms with E-state index in [1.54, 1.807) is 39.9 Å². The van der Waals surface area contributed by atoms with E-state index in [4.69, 9.17) is 0 Å². The fourth-order valence-corrected chi connectivity index (χ4v) is 2.76. The first kappa shape index (κ1) is 13.7. The van der Waals surface area contributed by atoms with Gasteiger partial charge in [-0.05, 0) is 36.4 Å². The van der Waals surface area contributed by atoms with Gasteiger partial charge in [-0.2, -0.15) is 5.10 Å². The van der Waals surface area contributed by atoms with Gasteiger partial charge in [0, 0.05) is 6.20 Å². The summed E-state index contributed by atoms with van der Waals surface area (Å²) in [4.78, 5) is 8.79. The van der Waals surface area contributed by atoms with Crippen molar-refractivity contribution in [3.63, 3.8) is 0 Å². The number of rotatable bonds is 2. The lowest BCUT2D eigenvalue weighted by Gasteiger charge is -2.03. The molecule has 25 heavy (non-hydrogen) atoms. The lowest BCUT2D eigenvalue weighted by Crippen LogP contribution is -1.99. The van der Waals surface area contributed by atoms with Crippen LogP contribution < -0.4 is 0 Å². The minimum atomic E-state index is -0.298. The molecule has 4 heterocycles. The summed E-state index contributed by atoms with van der Waals surface area (Å²) in [5.41, 5.74) is 2.69. The minimum absolute atomic E-state index is 0.298. The molecule has 0 N–H and O–H groups in total. The normalized spacial score (nSPS) is 11.4. The van der Waals surface area contributed by atoms with Gasteiger partial charge in [0.05, 0.1) is 17.3 Å². The van der Waals surface area contributed by atoms with Crippen molar-refractivity contribution >= 4 is 16.7 Å². The van der Waals surface area contributed by atoms with E-state index in [9.17, 15) is 4.39 Å². The van der Waals surface area contributed by atoms with Gasteiger partial charge in [0.25, 0.3) is 0 Å². The maximum Gasteiger partial charge on any atom is 0.188 e. The summed E-state index contributed by atoms with van der Waals surface area (Å²) in [6, 6.07) is 11.7. The van der Waals surface area contributed by atoms with E-state index < -0.39 is 0 Å². The fraction of sp³-hybridized carbons (Fsp3) is 0. The average Bonchev–Trinajstić information content (AvgIpc) is 3.27. The molecule has 120 valence electrons. The second-order valence-corrected chi connectivity index (χ2v) is 5.45. The summed E-state index contributed by atoms with van der Waals surface area (Å²) in [5, 5.41) is 13.6. The molecule has 0 spiro atoms. The third-order valence-electron chi connectivity index (χ3n) is 3.94. The van der Waals surface area contributed by atoms with Crippen LogP contribution in [0.2, 0.25) is 0 Å². The molecule has 5 aromatic rings. The van der Waals surface area contributed by atoms with Crippen LogP contribution in [-0.2, 0) is 0 Å². The molecule has 8 heteroatoms. The van der Waals surface area contributed by atoms with Crippen LogP contribution in [0.3, 0.4) is 0 Å². The van der Waals surface area contributed by atoms with E-state index in [1.165, 1.54) is 12.1 Å². The standard InChI is InChI=1S/C17H10FN7/c18-11-4-6-12(7-5-11)25-15-13(9-21-25)16-22-23-17(24(16)10-20-15)14-3-1-2-8-19-14/h1-10H. The molecule has 0 aliphatic rings. The smallest absolute Gasteiger partial charge is 0.188 e. The second kappa shape index (κ2) is 5.17. The highest BCUT2D eigenvalue weighted by molar-refractivity contribution is 5.90. The van der Waals surface area contributed by atoms with Gasteiger partial charge in [0.15, 0.2) is 17.1 Å². The lowest BCUT2D eigenvalue weighted by atomic mass is 10.3. The molecule has 0 radical (unpaired) electrons. The minimum Gasteiger partial charge on any atom is -0.263 e. The number of halogens is 1. The lowest BCUT2D eigenvalue weighted by molar-refractivity contribution is 0.627. The number of benzene rings is 1. The van der Waals surface area contributed by atoms with E-state index in [1.807, 2.05) is 18.2 Å². The Morgan fingerprint density at radius 3 is 2.56 bits per heavy atom. The molecule has 0 aliphatic heterocycles. The first-order valence-corrected chi connectivity index (χ1v) is 7.56. The summed E-state index contributed by atoms with van der Waals surface area (Å²) >= 11 is 0. The largest absolute Gasteiger partial charge is 0.263 e. The van der Waals surface area contributed by atoms with Gasteiger partial charge in [-0.25, -0.2) is 14.1 Å². The van der Waals surface area contributed by atoms with Crippen molar-refractivity contribution in [2.24, 2.45) is 0 Å². The molecule has 7 nitrogen and oxygen atoms in total. The molecule has 0 bridgehead atoms. The monoisotopic (exact) mass is 331 g/mol. The zero-order valence-corrected chi connectivity index (χ0v) is 12.8. The maximum absolute atomic E-state index is 13.1. The fourth-order valence-electron chi connectivity index (χ4n) is 2.76. The molecule has 5 rings (SSSR count). The van der Waals surface area contributed by atoms with E-state index in [2.05, 4.69) is 25.3 Å². The third-order valence-corrected chi connectivity index (χ3v) is 3.94. The predicted molar refractivity (Wildman–Crippen MR) is 88.6 cm³/mol. The molecule has 0 amide bonds. The van der Waals surface area contributed by atoms with Crippen LogP contribution in [0.25, 0.3) is 33.9 Å². The SMILES string of the molecule is Fc1ccc(-n2ncc3c2ncn2c(-c4ccccn4)nnc32)cc1. The van der Waals surface area contributed by atoms with Gasteiger partial charge in [0.2, 0.25) is 0 Å². The van der Waals surface area contributed by atoms with Crippen LogP contribution in [0.4, 0.5) is 4.39 Å². The van der Waals surface area contributed by atoms with Gasteiger partial charge in [-0.1, -0.05) is 6.07 Å². The zero-order valence-electron chi connectivity index (χ0n) is 12.8. The van der Waals surface area contributed by atoms with Crippen LogP contribution in [-0.4, -0.2) is 34.3 Å². The molecule has 0 aliphatic carbocycles. The van der Waals surface area contributed by atoms with Crippen molar-refractivity contribution in [1.29, 1.82) is 0 Å². The summed E-state index contributed by atoms with van der Waals surface area (Å²) in [6.45, 7) is 0. The van der Waals surface area contributed by atoms with Gasteiger partial charge in [-0.15, -0.1) is 10.2 Å². The highest BCUT2D eigenvalue weighted by Crippen LogP contribution is 2.23. The van der Waals surface area contributed by atoms with E-state index in [-0.39, 0.29) is 5.82 Å². The molecule has 1 aromatic carbocycles. The van der Waals surface area contributed by atoms with Crippen molar-refractivity contribution in [2.75, 3.05) is 0 Å². The van der Waals surface area contributed by atoms with Crippen molar-refractivity contribution in [2.45, 2.75) is 0 Å². The van der Waals surface area contributed by atoms with Crippen LogP contribution in [0.5, 0.6) is 0 Å². The van der Waals surface area contributed by atoms with Crippen LogP contribution >= 0.6 is 0 Å². The third kappa shape index (κ3) is 2.08. The maximum atomic E-state index is 13.1. The van der Waals surface area contributed by atoms with E-state index in [0.29, 0.717) is 22.8 Å². The molecule has 4 aromatic heterocycles. The van der Waals surface area contributed by atoms with E-state index in [0.717, 1.165) is 11.1 Å². The molecule has 0 fully saturated rings. The second-order valence-electron chi connectivity index (χ2n) is 5.45.